The Hall–Kier alpha value is -4.33. The SMILES string of the molecule is COc1ccc(CCN2C(=O)c3oc4ccc(F)cc4c(=O)c3C2c2cccc(OCCC(C)C)c2)cc1OC. The number of hydrogen-bond donors (Lipinski definition) is 0. The zero-order valence-corrected chi connectivity index (χ0v) is 23.0. The summed E-state index contributed by atoms with van der Waals surface area (Å²) in [5, 5.41) is 0.0997. The van der Waals surface area contributed by atoms with Crippen LogP contribution >= 0.6 is 0 Å². The van der Waals surface area contributed by atoms with Crippen molar-refractivity contribution < 1.29 is 27.8 Å². The molecule has 1 aliphatic heterocycles. The highest BCUT2D eigenvalue weighted by molar-refractivity contribution is 5.99. The lowest BCUT2D eigenvalue weighted by molar-refractivity contribution is 0.0729. The van der Waals surface area contributed by atoms with Crippen LogP contribution in [0.15, 0.2) is 69.9 Å². The molecule has 0 N–H and O–H groups in total. The van der Waals surface area contributed by atoms with E-state index in [0.29, 0.717) is 48.3 Å². The summed E-state index contributed by atoms with van der Waals surface area (Å²) in [6.45, 7) is 5.11. The Morgan fingerprint density at radius 1 is 0.975 bits per heavy atom. The quantitative estimate of drug-likeness (QED) is 0.237. The maximum Gasteiger partial charge on any atom is 0.290 e. The molecule has 40 heavy (non-hydrogen) atoms. The molecule has 1 aromatic heterocycles. The van der Waals surface area contributed by atoms with Crippen LogP contribution in [0.5, 0.6) is 17.2 Å². The van der Waals surface area contributed by atoms with Gasteiger partial charge in [-0.2, -0.15) is 0 Å². The fourth-order valence-electron chi connectivity index (χ4n) is 5.04. The van der Waals surface area contributed by atoms with E-state index in [2.05, 4.69) is 13.8 Å². The molecule has 7 nitrogen and oxygen atoms in total. The zero-order chi connectivity index (χ0) is 28.4. The molecule has 1 atom stereocenters. The second kappa shape index (κ2) is 11.4. The van der Waals surface area contributed by atoms with Gasteiger partial charge in [-0.25, -0.2) is 4.39 Å². The van der Waals surface area contributed by atoms with Crippen LogP contribution in [0.1, 0.15) is 53.6 Å². The predicted octanol–water partition coefficient (Wildman–Crippen LogP) is 6.16. The summed E-state index contributed by atoms with van der Waals surface area (Å²) in [4.78, 5) is 29.1. The maximum atomic E-state index is 14.1. The molecule has 0 fully saturated rings. The van der Waals surface area contributed by atoms with Gasteiger partial charge in [-0.1, -0.05) is 32.0 Å². The van der Waals surface area contributed by atoms with Crippen LogP contribution in [-0.2, 0) is 6.42 Å². The van der Waals surface area contributed by atoms with E-state index < -0.39 is 23.2 Å². The fourth-order valence-corrected chi connectivity index (χ4v) is 5.04. The third-order valence-corrected chi connectivity index (χ3v) is 7.15. The lowest BCUT2D eigenvalue weighted by atomic mass is 9.98. The first-order valence-electron chi connectivity index (χ1n) is 13.3. The number of nitrogens with zero attached hydrogens (tertiary/aromatic N) is 1. The summed E-state index contributed by atoms with van der Waals surface area (Å²) in [5.74, 6) is 1.37. The lowest BCUT2D eigenvalue weighted by Crippen LogP contribution is -2.31. The smallest absolute Gasteiger partial charge is 0.290 e. The first-order valence-corrected chi connectivity index (χ1v) is 13.3. The molecule has 0 saturated heterocycles. The summed E-state index contributed by atoms with van der Waals surface area (Å²) in [6, 6.07) is 16.0. The second-order valence-electron chi connectivity index (χ2n) is 10.3. The number of fused-ring (bicyclic) bond motifs is 2. The summed E-state index contributed by atoms with van der Waals surface area (Å²) in [6.07, 6.45) is 1.39. The molecule has 0 bridgehead atoms. The average Bonchev–Trinajstić information content (AvgIpc) is 3.23. The molecule has 4 aromatic rings. The number of carbonyl (C=O) groups excluding carboxylic acids is 1. The van der Waals surface area contributed by atoms with E-state index >= 15 is 0 Å². The van der Waals surface area contributed by atoms with Crippen LogP contribution in [0.2, 0.25) is 0 Å². The first-order chi connectivity index (χ1) is 19.3. The number of halogens is 1. The van der Waals surface area contributed by atoms with Crippen LogP contribution in [-0.4, -0.2) is 38.2 Å². The topological polar surface area (TPSA) is 78.2 Å². The molecule has 1 amide bonds. The van der Waals surface area contributed by atoms with Crippen LogP contribution in [0.3, 0.4) is 0 Å². The number of ether oxygens (including phenoxy) is 3. The molecule has 8 heteroatoms. The van der Waals surface area contributed by atoms with E-state index in [0.717, 1.165) is 18.1 Å². The van der Waals surface area contributed by atoms with Crippen molar-refractivity contribution in [3.05, 3.63) is 99.2 Å². The second-order valence-corrected chi connectivity index (χ2v) is 10.3. The standard InChI is InChI=1S/C32H32FNO6/c1-19(2)13-15-39-23-7-5-6-21(17-23)29-28-30(35)24-18-22(33)9-11-25(24)40-31(28)32(36)34(29)14-12-20-8-10-26(37-3)27(16-20)38-4/h5-11,16-19,29H,12-15H2,1-4H3. The van der Waals surface area contributed by atoms with Crippen LogP contribution in [0.4, 0.5) is 4.39 Å². The third-order valence-electron chi connectivity index (χ3n) is 7.15. The molecule has 0 saturated carbocycles. The average molecular weight is 546 g/mol. The summed E-state index contributed by atoms with van der Waals surface area (Å²) in [5.41, 5.74) is 1.59. The summed E-state index contributed by atoms with van der Waals surface area (Å²) in [7, 11) is 3.14. The van der Waals surface area contributed by atoms with E-state index in [9.17, 15) is 14.0 Å². The zero-order valence-electron chi connectivity index (χ0n) is 23.0. The van der Waals surface area contributed by atoms with Crippen molar-refractivity contribution in [2.45, 2.75) is 32.7 Å². The van der Waals surface area contributed by atoms with Crippen LogP contribution in [0, 0.1) is 11.7 Å². The van der Waals surface area contributed by atoms with Gasteiger partial charge in [-0.3, -0.25) is 9.59 Å². The Kier molecular flexibility index (Phi) is 7.78. The predicted molar refractivity (Wildman–Crippen MR) is 150 cm³/mol. The third kappa shape index (κ3) is 5.26. The molecular weight excluding hydrogens is 513 g/mol. The van der Waals surface area contributed by atoms with E-state index in [4.69, 9.17) is 18.6 Å². The van der Waals surface area contributed by atoms with Gasteiger partial charge in [0.2, 0.25) is 5.76 Å². The highest BCUT2D eigenvalue weighted by atomic mass is 19.1. The molecule has 1 aliphatic rings. The minimum Gasteiger partial charge on any atom is -0.494 e. The Morgan fingerprint density at radius 3 is 2.52 bits per heavy atom. The summed E-state index contributed by atoms with van der Waals surface area (Å²) >= 11 is 0. The van der Waals surface area contributed by atoms with E-state index in [1.54, 1.807) is 19.1 Å². The van der Waals surface area contributed by atoms with Crippen molar-refractivity contribution in [1.29, 1.82) is 0 Å². The van der Waals surface area contributed by atoms with Gasteiger partial charge < -0.3 is 23.5 Å². The Balaban J connectivity index is 1.55. The van der Waals surface area contributed by atoms with E-state index in [1.807, 2.05) is 42.5 Å². The van der Waals surface area contributed by atoms with Gasteiger partial charge in [-0.15, -0.1) is 0 Å². The largest absolute Gasteiger partial charge is 0.494 e. The van der Waals surface area contributed by atoms with Gasteiger partial charge in [0, 0.05) is 6.54 Å². The molecule has 5 rings (SSSR count). The number of benzene rings is 3. The molecule has 2 heterocycles. The van der Waals surface area contributed by atoms with Gasteiger partial charge in [0.15, 0.2) is 16.9 Å². The van der Waals surface area contributed by atoms with Gasteiger partial charge in [0.25, 0.3) is 5.91 Å². The van der Waals surface area contributed by atoms with Crippen molar-refractivity contribution in [3.8, 4) is 17.2 Å². The molecule has 3 aromatic carbocycles. The Bertz CT molecular complexity index is 1610. The number of hydrogen-bond acceptors (Lipinski definition) is 6. The first kappa shape index (κ1) is 27.2. The number of amides is 1. The molecular formula is C32H32FNO6. The fraction of sp³-hybridized carbons (Fsp3) is 0.312. The molecule has 0 radical (unpaired) electrons. The number of carbonyl (C=O) groups is 1. The molecule has 208 valence electrons. The molecule has 1 unspecified atom stereocenters. The molecule has 0 spiro atoms. The van der Waals surface area contributed by atoms with E-state index in [1.165, 1.54) is 12.1 Å². The normalized spacial score (nSPS) is 14.6. The van der Waals surface area contributed by atoms with Gasteiger partial charge >= 0.3 is 0 Å². The lowest BCUT2D eigenvalue weighted by Gasteiger charge is -2.25. The van der Waals surface area contributed by atoms with Crippen molar-refractivity contribution in [2.24, 2.45) is 5.92 Å². The summed E-state index contributed by atoms with van der Waals surface area (Å²) < 4.78 is 36.8. The number of methoxy groups -OCH3 is 2. The van der Waals surface area contributed by atoms with Crippen LogP contribution < -0.4 is 19.6 Å². The number of rotatable bonds is 10. The Labute approximate surface area is 232 Å². The van der Waals surface area contributed by atoms with Gasteiger partial charge in [-0.05, 0) is 72.4 Å². The Morgan fingerprint density at radius 2 is 1.77 bits per heavy atom. The monoisotopic (exact) mass is 545 g/mol. The van der Waals surface area contributed by atoms with Crippen LogP contribution in [0.25, 0.3) is 11.0 Å². The van der Waals surface area contributed by atoms with E-state index in [-0.39, 0.29) is 22.3 Å². The minimum atomic E-state index is -0.722. The highest BCUT2D eigenvalue weighted by Gasteiger charge is 2.42. The molecule has 0 aliphatic carbocycles. The van der Waals surface area contributed by atoms with Crippen molar-refractivity contribution in [3.63, 3.8) is 0 Å². The minimum absolute atomic E-state index is 0.0208. The highest BCUT2D eigenvalue weighted by Crippen LogP contribution is 2.39. The van der Waals surface area contributed by atoms with Crippen molar-refractivity contribution >= 4 is 16.9 Å². The van der Waals surface area contributed by atoms with Crippen molar-refractivity contribution in [2.75, 3.05) is 27.4 Å². The van der Waals surface area contributed by atoms with Crippen molar-refractivity contribution in [1.82, 2.24) is 4.90 Å². The van der Waals surface area contributed by atoms with Gasteiger partial charge in [0.05, 0.1) is 37.8 Å². The maximum absolute atomic E-state index is 14.1. The van der Waals surface area contributed by atoms with Gasteiger partial charge in [0.1, 0.15) is 17.1 Å².